The predicted octanol–water partition coefficient (Wildman–Crippen LogP) is 1.79. The fraction of sp³-hybridized carbons (Fsp3) is 0.0833. The van der Waals surface area contributed by atoms with Gasteiger partial charge >= 0.3 is 0 Å². The molecule has 1 heterocycles. The lowest BCUT2D eigenvalue weighted by molar-refractivity contribution is 0.102. The zero-order chi connectivity index (χ0) is 14.5. The number of benzene rings is 1. The summed E-state index contributed by atoms with van der Waals surface area (Å²) in [6, 6.07) is 5.22. The summed E-state index contributed by atoms with van der Waals surface area (Å²) in [5.41, 5.74) is 3.12. The second-order valence-electron chi connectivity index (χ2n) is 3.73. The van der Waals surface area contributed by atoms with Crippen LogP contribution in [-0.4, -0.2) is 23.0 Å². The van der Waals surface area contributed by atoms with E-state index in [4.69, 9.17) is 10.6 Å². The molecule has 2 aromatic rings. The number of aromatic nitrogens is 2. The van der Waals surface area contributed by atoms with E-state index in [-0.39, 0.29) is 11.6 Å². The van der Waals surface area contributed by atoms with Gasteiger partial charge in [0.15, 0.2) is 5.82 Å². The number of anilines is 2. The average molecular weight is 338 g/mol. The van der Waals surface area contributed by atoms with Crippen LogP contribution in [0, 0.1) is 0 Å². The van der Waals surface area contributed by atoms with Crippen LogP contribution in [0.15, 0.2) is 35.1 Å². The summed E-state index contributed by atoms with van der Waals surface area (Å²) in [7, 11) is 1.55. The molecule has 0 aliphatic rings. The summed E-state index contributed by atoms with van der Waals surface area (Å²) < 4.78 is 5.96. The van der Waals surface area contributed by atoms with Gasteiger partial charge in [0.2, 0.25) is 0 Å². The molecule has 0 aliphatic carbocycles. The van der Waals surface area contributed by atoms with Crippen molar-refractivity contribution in [2.75, 3.05) is 17.9 Å². The second-order valence-corrected chi connectivity index (χ2v) is 4.59. The van der Waals surface area contributed by atoms with E-state index in [0.717, 1.165) is 4.47 Å². The molecule has 0 unspecified atom stereocenters. The van der Waals surface area contributed by atoms with E-state index in [1.165, 1.54) is 12.4 Å². The van der Waals surface area contributed by atoms with Crippen LogP contribution in [0.5, 0.6) is 5.75 Å². The van der Waals surface area contributed by atoms with Crippen LogP contribution < -0.4 is 21.3 Å². The van der Waals surface area contributed by atoms with Gasteiger partial charge in [-0.05, 0) is 28.1 Å². The highest BCUT2D eigenvalue weighted by molar-refractivity contribution is 9.10. The number of nitrogens with one attached hydrogen (secondary N) is 2. The molecule has 1 aromatic carbocycles. The molecular weight excluding hydrogens is 326 g/mol. The Balaban J connectivity index is 2.14. The van der Waals surface area contributed by atoms with E-state index in [1.54, 1.807) is 25.3 Å². The highest BCUT2D eigenvalue weighted by Gasteiger charge is 2.10. The van der Waals surface area contributed by atoms with Crippen molar-refractivity contribution in [2.24, 2.45) is 5.84 Å². The predicted molar refractivity (Wildman–Crippen MR) is 78.5 cm³/mol. The van der Waals surface area contributed by atoms with Crippen LogP contribution in [0.2, 0.25) is 0 Å². The van der Waals surface area contributed by atoms with Gasteiger partial charge < -0.3 is 15.5 Å². The number of nitrogens with zero attached hydrogens (tertiary/aromatic N) is 2. The zero-order valence-corrected chi connectivity index (χ0v) is 12.1. The monoisotopic (exact) mass is 337 g/mol. The molecule has 4 N–H and O–H groups in total. The van der Waals surface area contributed by atoms with Crippen molar-refractivity contribution in [3.63, 3.8) is 0 Å². The smallest absolute Gasteiger partial charge is 0.275 e. The highest BCUT2D eigenvalue weighted by Crippen LogP contribution is 2.27. The third-order valence-corrected chi connectivity index (χ3v) is 3.10. The van der Waals surface area contributed by atoms with E-state index in [2.05, 4.69) is 36.6 Å². The van der Waals surface area contributed by atoms with Gasteiger partial charge in [0.25, 0.3) is 5.91 Å². The molecule has 1 aromatic heterocycles. The van der Waals surface area contributed by atoms with Crippen molar-refractivity contribution in [3.05, 3.63) is 40.8 Å². The van der Waals surface area contributed by atoms with Gasteiger partial charge in [0.1, 0.15) is 11.4 Å². The van der Waals surface area contributed by atoms with Crippen LogP contribution in [0.1, 0.15) is 10.5 Å². The number of rotatable bonds is 4. The van der Waals surface area contributed by atoms with E-state index < -0.39 is 0 Å². The Morgan fingerprint density at radius 2 is 2.15 bits per heavy atom. The number of halogens is 1. The van der Waals surface area contributed by atoms with E-state index in [1.807, 2.05) is 0 Å². The fourth-order valence-electron chi connectivity index (χ4n) is 1.45. The standard InChI is InChI=1S/C12H12BrN5O2/c1-20-10-4-7(2-3-8(10)13)17-12(19)9-5-16-11(18-14)6-15-9/h2-6H,14H2,1H3,(H,16,18)(H,17,19). The van der Waals surface area contributed by atoms with Crippen LogP contribution in [0.25, 0.3) is 0 Å². The summed E-state index contributed by atoms with van der Waals surface area (Å²) >= 11 is 3.34. The molecule has 0 atom stereocenters. The maximum atomic E-state index is 12.0. The minimum Gasteiger partial charge on any atom is -0.495 e. The first-order valence-corrected chi connectivity index (χ1v) is 6.37. The van der Waals surface area contributed by atoms with Crippen molar-refractivity contribution >= 4 is 33.3 Å². The number of hydrogen-bond acceptors (Lipinski definition) is 6. The number of carbonyl (C=O) groups excluding carboxylic acids is 1. The lowest BCUT2D eigenvalue weighted by Gasteiger charge is -2.08. The first-order valence-electron chi connectivity index (χ1n) is 5.57. The van der Waals surface area contributed by atoms with Gasteiger partial charge in [-0.25, -0.2) is 15.8 Å². The lowest BCUT2D eigenvalue weighted by atomic mass is 10.3. The van der Waals surface area contributed by atoms with E-state index in [9.17, 15) is 4.79 Å². The molecule has 2 rings (SSSR count). The van der Waals surface area contributed by atoms with Crippen molar-refractivity contribution < 1.29 is 9.53 Å². The van der Waals surface area contributed by atoms with Gasteiger partial charge in [-0.15, -0.1) is 0 Å². The third kappa shape index (κ3) is 3.22. The summed E-state index contributed by atoms with van der Waals surface area (Å²) in [4.78, 5) is 19.8. The van der Waals surface area contributed by atoms with E-state index >= 15 is 0 Å². The van der Waals surface area contributed by atoms with Crippen LogP contribution >= 0.6 is 15.9 Å². The molecule has 0 bridgehead atoms. The summed E-state index contributed by atoms with van der Waals surface area (Å²) in [6.45, 7) is 0. The normalized spacial score (nSPS) is 9.95. The molecule has 1 amide bonds. The molecule has 7 nitrogen and oxygen atoms in total. The Labute approximate surface area is 123 Å². The maximum Gasteiger partial charge on any atom is 0.275 e. The quantitative estimate of drug-likeness (QED) is 0.580. The first kappa shape index (κ1) is 14.2. The molecule has 8 heteroatoms. The number of hydrazine groups is 1. The van der Waals surface area contributed by atoms with Crippen molar-refractivity contribution in [2.45, 2.75) is 0 Å². The number of amides is 1. The van der Waals surface area contributed by atoms with Gasteiger partial charge in [-0.2, -0.15) is 0 Å². The van der Waals surface area contributed by atoms with Crippen molar-refractivity contribution in [1.29, 1.82) is 0 Å². The number of methoxy groups -OCH3 is 1. The number of hydrogen-bond donors (Lipinski definition) is 3. The minimum absolute atomic E-state index is 0.186. The van der Waals surface area contributed by atoms with Gasteiger partial charge in [-0.3, -0.25) is 4.79 Å². The SMILES string of the molecule is COc1cc(NC(=O)c2cnc(NN)cn2)ccc1Br. The number of nitrogen functional groups attached to an aromatic ring is 1. The molecule has 0 saturated heterocycles. The molecule has 0 fully saturated rings. The van der Waals surface area contributed by atoms with Gasteiger partial charge in [0.05, 0.1) is 24.0 Å². The first-order chi connectivity index (χ1) is 9.63. The number of carbonyl (C=O) groups is 1. The molecule has 0 aliphatic heterocycles. The summed E-state index contributed by atoms with van der Waals surface area (Å²) in [5.74, 6) is 5.81. The fourth-order valence-corrected chi connectivity index (χ4v) is 1.86. The Morgan fingerprint density at radius 3 is 2.75 bits per heavy atom. The molecule has 0 saturated carbocycles. The topological polar surface area (TPSA) is 102 Å². The number of ether oxygens (including phenoxy) is 1. The highest BCUT2D eigenvalue weighted by atomic mass is 79.9. The van der Waals surface area contributed by atoms with Crippen LogP contribution in [0.4, 0.5) is 11.5 Å². The molecule has 0 radical (unpaired) electrons. The summed E-state index contributed by atoms with van der Waals surface area (Å²) in [5, 5.41) is 2.70. The largest absolute Gasteiger partial charge is 0.495 e. The summed E-state index contributed by atoms with van der Waals surface area (Å²) in [6.07, 6.45) is 2.71. The van der Waals surface area contributed by atoms with Crippen molar-refractivity contribution in [1.82, 2.24) is 9.97 Å². The van der Waals surface area contributed by atoms with Gasteiger partial charge in [0, 0.05) is 11.8 Å². The Morgan fingerprint density at radius 1 is 1.35 bits per heavy atom. The average Bonchev–Trinajstić information content (AvgIpc) is 2.49. The third-order valence-electron chi connectivity index (χ3n) is 2.44. The Kier molecular flexibility index (Phi) is 4.49. The maximum absolute atomic E-state index is 12.0. The Hall–Kier alpha value is -2.19. The van der Waals surface area contributed by atoms with Crippen molar-refractivity contribution in [3.8, 4) is 5.75 Å². The lowest BCUT2D eigenvalue weighted by Crippen LogP contribution is -2.15. The second kappa shape index (κ2) is 6.31. The van der Waals surface area contributed by atoms with E-state index in [0.29, 0.717) is 17.3 Å². The molecule has 20 heavy (non-hydrogen) atoms. The molecule has 104 valence electrons. The number of nitrogens with two attached hydrogens (primary N) is 1. The van der Waals surface area contributed by atoms with Crippen LogP contribution in [0.3, 0.4) is 0 Å². The van der Waals surface area contributed by atoms with Gasteiger partial charge in [-0.1, -0.05) is 0 Å². The van der Waals surface area contributed by atoms with Crippen LogP contribution in [-0.2, 0) is 0 Å². The zero-order valence-electron chi connectivity index (χ0n) is 10.6. The minimum atomic E-state index is -0.370. The Bertz CT molecular complexity index is 618. The molecular formula is C12H12BrN5O2. The molecule has 0 spiro atoms.